The number of carbonyl (C=O) groups is 1. The maximum atomic E-state index is 11.7. The first-order valence-electron chi connectivity index (χ1n) is 5.03. The lowest BCUT2D eigenvalue weighted by atomic mass is 10.1. The minimum absolute atomic E-state index is 0.141. The molecule has 90 valence electrons. The molecule has 0 saturated carbocycles. The summed E-state index contributed by atoms with van der Waals surface area (Å²) >= 11 is 5.82. The number of hydrogen-bond donors (Lipinski definition) is 2. The molecule has 16 heavy (non-hydrogen) atoms. The van der Waals surface area contributed by atoms with E-state index in [-0.39, 0.29) is 23.7 Å². The van der Waals surface area contributed by atoms with E-state index in [0.717, 1.165) is 0 Å². The molecule has 1 aromatic rings. The molecular weight excluding hydrogens is 230 g/mol. The number of furan rings is 1. The number of aliphatic hydroxyl groups is 1. The fraction of sp³-hybridized carbons (Fsp3) is 0.545. The van der Waals surface area contributed by atoms with Gasteiger partial charge in [0.2, 0.25) is 0 Å². The Labute approximate surface area is 99.6 Å². The van der Waals surface area contributed by atoms with Gasteiger partial charge in [-0.15, -0.1) is 11.6 Å². The molecule has 5 heteroatoms. The van der Waals surface area contributed by atoms with Gasteiger partial charge < -0.3 is 14.8 Å². The topological polar surface area (TPSA) is 62.5 Å². The van der Waals surface area contributed by atoms with Crippen molar-refractivity contribution in [3.05, 3.63) is 23.7 Å². The second-order valence-electron chi connectivity index (χ2n) is 4.31. The van der Waals surface area contributed by atoms with E-state index < -0.39 is 5.54 Å². The van der Waals surface area contributed by atoms with Crippen molar-refractivity contribution < 1.29 is 14.3 Å². The van der Waals surface area contributed by atoms with Gasteiger partial charge in [-0.25, -0.2) is 0 Å². The number of aliphatic hydroxyl groups excluding tert-OH is 1. The molecule has 1 atom stereocenters. The van der Waals surface area contributed by atoms with Crippen LogP contribution in [0.1, 0.15) is 42.5 Å². The smallest absolute Gasteiger partial charge is 0.287 e. The van der Waals surface area contributed by atoms with Crippen molar-refractivity contribution in [2.75, 3.05) is 6.61 Å². The van der Waals surface area contributed by atoms with Gasteiger partial charge in [-0.1, -0.05) is 0 Å². The summed E-state index contributed by atoms with van der Waals surface area (Å²) in [6.45, 7) is 5.07. The van der Waals surface area contributed by atoms with Gasteiger partial charge >= 0.3 is 0 Å². The SMILES string of the molecule is CC(Cl)c1ccc(C(=O)NC(C)(C)CO)o1. The lowest BCUT2D eigenvalue weighted by molar-refractivity contribution is 0.0839. The number of halogens is 1. The summed E-state index contributed by atoms with van der Waals surface area (Å²) in [5, 5.41) is 11.4. The minimum atomic E-state index is -0.670. The Morgan fingerprint density at radius 2 is 2.25 bits per heavy atom. The second-order valence-corrected chi connectivity index (χ2v) is 4.97. The first kappa shape index (κ1) is 13.1. The molecule has 0 saturated heterocycles. The standard InChI is InChI=1S/C11H16ClNO3/c1-7(12)8-4-5-9(16-8)10(15)13-11(2,3)6-14/h4-5,7,14H,6H2,1-3H3,(H,13,15). The predicted octanol–water partition coefficient (Wildman–Crippen LogP) is 2.08. The average Bonchev–Trinajstić information content (AvgIpc) is 2.66. The Morgan fingerprint density at radius 1 is 1.62 bits per heavy atom. The summed E-state index contributed by atoms with van der Waals surface area (Å²) in [6, 6.07) is 3.23. The molecule has 0 aromatic carbocycles. The third-order valence-electron chi connectivity index (χ3n) is 2.09. The first-order valence-corrected chi connectivity index (χ1v) is 5.46. The summed E-state index contributed by atoms with van der Waals surface area (Å²) in [7, 11) is 0. The van der Waals surface area contributed by atoms with Crippen LogP contribution < -0.4 is 5.32 Å². The van der Waals surface area contributed by atoms with E-state index in [1.54, 1.807) is 32.9 Å². The fourth-order valence-electron chi connectivity index (χ4n) is 1.10. The van der Waals surface area contributed by atoms with Crippen molar-refractivity contribution >= 4 is 17.5 Å². The van der Waals surface area contributed by atoms with Crippen LogP contribution in [0.5, 0.6) is 0 Å². The quantitative estimate of drug-likeness (QED) is 0.799. The number of rotatable bonds is 4. The molecule has 2 N–H and O–H groups in total. The number of amides is 1. The summed E-state index contributed by atoms with van der Waals surface area (Å²) in [5.41, 5.74) is -0.670. The maximum Gasteiger partial charge on any atom is 0.287 e. The van der Waals surface area contributed by atoms with E-state index in [9.17, 15) is 4.79 Å². The normalized spacial score (nSPS) is 13.6. The van der Waals surface area contributed by atoms with Gasteiger partial charge in [0.1, 0.15) is 5.76 Å². The molecule has 0 radical (unpaired) electrons. The van der Waals surface area contributed by atoms with Crippen LogP contribution in [0.4, 0.5) is 0 Å². The van der Waals surface area contributed by atoms with E-state index in [1.807, 2.05) is 0 Å². The Balaban J connectivity index is 2.74. The number of carbonyl (C=O) groups excluding carboxylic acids is 1. The zero-order valence-corrected chi connectivity index (χ0v) is 10.3. The predicted molar refractivity (Wildman–Crippen MR) is 61.6 cm³/mol. The van der Waals surface area contributed by atoms with Crippen LogP contribution in [0.2, 0.25) is 0 Å². The van der Waals surface area contributed by atoms with Crippen LogP contribution in [-0.2, 0) is 0 Å². The maximum absolute atomic E-state index is 11.7. The highest BCUT2D eigenvalue weighted by Crippen LogP contribution is 2.21. The highest BCUT2D eigenvalue weighted by atomic mass is 35.5. The summed E-state index contributed by atoms with van der Waals surface area (Å²) in [6.07, 6.45) is 0. The molecule has 1 rings (SSSR count). The van der Waals surface area contributed by atoms with Crippen molar-refractivity contribution in [1.82, 2.24) is 5.32 Å². The monoisotopic (exact) mass is 245 g/mol. The van der Waals surface area contributed by atoms with Crippen LogP contribution >= 0.6 is 11.6 Å². The van der Waals surface area contributed by atoms with E-state index in [4.69, 9.17) is 21.1 Å². The summed E-state index contributed by atoms with van der Waals surface area (Å²) in [4.78, 5) is 11.7. The van der Waals surface area contributed by atoms with Crippen molar-refractivity contribution in [3.63, 3.8) is 0 Å². The van der Waals surface area contributed by atoms with E-state index >= 15 is 0 Å². The number of alkyl halides is 1. The molecule has 0 spiro atoms. The van der Waals surface area contributed by atoms with Crippen LogP contribution in [0, 0.1) is 0 Å². The molecule has 0 aliphatic carbocycles. The third kappa shape index (κ3) is 3.25. The molecule has 1 unspecified atom stereocenters. The summed E-state index contributed by atoms with van der Waals surface area (Å²) < 4.78 is 5.27. The fourth-order valence-corrected chi connectivity index (χ4v) is 1.21. The molecule has 0 aliphatic rings. The van der Waals surface area contributed by atoms with E-state index in [1.165, 1.54) is 0 Å². The van der Waals surface area contributed by atoms with Gasteiger partial charge in [-0.05, 0) is 32.9 Å². The van der Waals surface area contributed by atoms with Crippen molar-refractivity contribution in [2.24, 2.45) is 0 Å². The van der Waals surface area contributed by atoms with E-state index in [0.29, 0.717) is 5.76 Å². The van der Waals surface area contributed by atoms with Crippen LogP contribution in [-0.4, -0.2) is 23.2 Å². The first-order chi connectivity index (χ1) is 7.35. The molecule has 1 amide bonds. The number of hydrogen-bond acceptors (Lipinski definition) is 3. The Hall–Kier alpha value is -1.00. The van der Waals surface area contributed by atoms with Gasteiger partial charge in [0, 0.05) is 0 Å². The highest BCUT2D eigenvalue weighted by molar-refractivity contribution is 6.20. The second kappa shape index (κ2) is 4.89. The zero-order valence-electron chi connectivity index (χ0n) is 9.58. The van der Waals surface area contributed by atoms with Crippen LogP contribution in [0.15, 0.2) is 16.5 Å². The van der Waals surface area contributed by atoms with Gasteiger partial charge in [-0.3, -0.25) is 4.79 Å². The summed E-state index contributed by atoms with van der Waals surface area (Å²) in [5.74, 6) is 0.389. The van der Waals surface area contributed by atoms with Crippen molar-refractivity contribution in [2.45, 2.75) is 31.7 Å². The molecule has 1 aromatic heterocycles. The molecule has 0 fully saturated rings. The van der Waals surface area contributed by atoms with Crippen molar-refractivity contribution in [3.8, 4) is 0 Å². The van der Waals surface area contributed by atoms with Gasteiger partial charge in [0.25, 0.3) is 5.91 Å². The molecule has 0 aliphatic heterocycles. The molecule has 1 heterocycles. The van der Waals surface area contributed by atoms with Gasteiger partial charge in [-0.2, -0.15) is 0 Å². The Kier molecular flexibility index (Phi) is 3.99. The van der Waals surface area contributed by atoms with Gasteiger partial charge in [0.05, 0.1) is 17.5 Å². The highest BCUT2D eigenvalue weighted by Gasteiger charge is 2.22. The lowest BCUT2D eigenvalue weighted by Crippen LogP contribution is -2.46. The van der Waals surface area contributed by atoms with E-state index in [2.05, 4.69) is 5.32 Å². The van der Waals surface area contributed by atoms with Gasteiger partial charge in [0.15, 0.2) is 5.76 Å². The Morgan fingerprint density at radius 3 is 2.69 bits per heavy atom. The van der Waals surface area contributed by atoms with Crippen LogP contribution in [0.3, 0.4) is 0 Å². The lowest BCUT2D eigenvalue weighted by Gasteiger charge is -2.22. The van der Waals surface area contributed by atoms with Crippen LogP contribution in [0.25, 0.3) is 0 Å². The van der Waals surface area contributed by atoms with Crippen molar-refractivity contribution in [1.29, 1.82) is 0 Å². The minimum Gasteiger partial charge on any atom is -0.454 e. The zero-order chi connectivity index (χ0) is 12.3. The average molecular weight is 246 g/mol. The third-order valence-corrected chi connectivity index (χ3v) is 2.30. The molecule has 0 bridgehead atoms. The molecular formula is C11H16ClNO3. The largest absolute Gasteiger partial charge is 0.454 e. The molecule has 4 nitrogen and oxygen atoms in total. The number of nitrogens with one attached hydrogen (secondary N) is 1. The Bertz CT molecular complexity index is 371.